The van der Waals surface area contributed by atoms with E-state index in [1.54, 1.807) is 16.7 Å². The van der Waals surface area contributed by atoms with Crippen molar-refractivity contribution >= 4 is 29.2 Å². The van der Waals surface area contributed by atoms with Crippen LogP contribution in [0.15, 0.2) is 29.4 Å². The number of nitriles is 1. The molecule has 1 N–H and O–H groups in total. The molecule has 2 aromatic rings. The number of carbonyl (C=O) groups excluding carboxylic acids is 1. The predicted molar refractivity (Wildman–Crippen MR) is 103 cm³/mol. The van der Waals surface area contributed by atoms with Crippen LogP contribution in [0, 0.1) is 28.5 Å². The van der Waals surface area contributed by atoms with Crippen LogP contribution < -0.4 is 4.90 Å². The van der Waals surface area contributed by atoms with E-state index in [1.807, 2.05) is 11.0 Å². The molecule has 1 unspecified atom stereocenters. The van der Waals surface area contributed by atoms with Crippen molar-refractivity contribution in [1.29, 1.82) is 10.7 Å². The van der Waals surface area contributed by atoms with E-state index in [1.165, 1.54) is 19.1 Å². The van der Waals surface area contributed by atoms with Gasteiger partial charge in [0.05, 0.1) is 30.7 Å². The number of nitrogens with zero attached hydrogens (tertiary/aromatic N) is 5. The SMILES string of the molecule is CC(=N)C(C#N)C(=O)CSc1nnc(N2CCOCC2)n1-c1cccc(F)c1. The number of hydrogen-bond donors (Lipinski definition) is 1. The number of benzene rings is 1. The molecule has 3 rings (SSSR count). The zero-order valence-electron chi connectivity index (χ0n) is 15.3. The molecule has 1 atom stereocenters. The summed E-state index contributed by atoms with van der Waals surface area (Å²) in [5.41, 5.74) is 0.551. The fourth-order valence-corrected chi connectivity index (χ4v) is 3.65. The van der Waals surface area contributed by atoms with E-state index in [-0.39, 0.29) is 17.2 Å². The van der Waals surface area contributed by atoms with Gasteiger partial charge in [0, 0.05) is 18.8 Å². The summed E-state index contributed by atoms with van der Waals surface area (Å²) in [4.78, 5) is 14.3. The number of rotatable bonds is 7. The fourth-order valence-electron chi connectivity index (χ4n) is 2.79. The van der Waals surface area contributed by atoms with E-state index in [0.717, 1.165) is 11.8 Å². The second kappa shape index (κ2) is 8.95. The van der Waals surface area contributed by atoms with Gasteiger partial charge in [-0.1, -0.05) is 17.8 Å². The monoisotopic (exact) mass is 402 g/mol. The van der Waals surface area contributed by atoms with Crippen LogP contribution in [0.25, 0.3) is 5.69 Å². The predicted octanol–water partition coefficient (Wildman–Crippen LogP) is 2.08. The van der Waals surface area contributed by atoms with Crippen molar-refractivity contribution in [3.8, 4) is 11.8 Å². The standard InChI is InChI=1S/C18H19FN6O2S/c1-12(21)15(10-20)16(26)11-28-18-23-22-17(24-5-7-27-8-6-24)25(18)14-4-2-3-13(19)9-14/h2-4,9,15,21H,5-8,11H2,1H3. The zero-order valence-corrected chi connectivity index (χ0v) is 16.1. The molecule has 10 heteroatoms. The molecule has 1 aromatic carbocycles. The number of Topliss-reactive ketones (excluding diaryl/α,β-unsaturated/α-hetero) is 1. The molecule has 0 amide bonds. The summed E-state index contributed by atoms with van der Waals surface area (Å²) >= 11 is 1.11. The van der Waals surface area contributed by atoms with E-state index in [9.17, 15) is 9.18 Å². The Labute approximate surface area is 165 Å². The van der Waals surface area contributed by atoms with Gasteiger partial charge in [0.2, 0.25) is 5.95 Å². The van der Waals surface area contributed by atoms with Gasteiger partial charge in [0.15, 0.2) is 10.9 Å². The summed E-state index contributed by atoms with van der Waals surface area (Å²) in [5.74, 6) is -1.33. The first-order valence-electron chi connectivity index (χ1n) is 8.65. The van der Waals surface area contributed by atoms with Gasteiger partial charge in [-0.25, -0.2) is 4.39 Å². The number of ether oxygens (including phenoxy) is 1. The molecule has 1 aliphatic heterocycles. The van der Waals surface area contributed by atoms with Gasteiger partial charge in [-0.3, -0.25) is 9.36 Å². The Bertz CT molecular complexity index is 919. The number of nitrogens with one attached hydrogen (secondary N) is 1. The summed E-state index contributed by atoms with van der Waals surface area (Å²) in [5, 5.41) is 25.5. The summed E-state index contributed by atoms with van der Waals surface area (Å²) in [7, 11) is 0. The molecule has 146 valence electrons. The van der Waals surface area contributed by atoms with Crippen molar-refractivity contribution in [1.82, 2.24) is 14.8 Å². The van der Waals surface area contributed by atoms with Crippen molar-refractivity contribution in [3.05, 3.63) is 30.1 Å². The van der Waals surface area contributed by atoms with Crippen molar-refractivity contribution in [3.63, 3.8) is 0 Å². The van der Waals surface area contributed by atoms with E-state index < -0.39 is 11.7 Å². The Morgan fingerprint density at radius 3 is 2.82 bits per heavy atom. The van der Waals surface area contributed by atoms with E-state index in [0.29, 0.717) is 43.1 Å². The molecule has 2 heterocycles. The maximum atomic E-state index is 13.8. The van der Waals surface area contributed by atoms with Crippen LogP contribution in [-0.2, 0) is 9.53 Å². The lowest BCUT2D eigenvalue weighted by atomic mass is 10.0. The van der Waals surface area contributed by atoms with Crippen LogP contribution >= 0.6 is 11.8 Å². The van der Waals surface area contributed by atoms with Crippen LogP contribution in [0.3, 0.4) is 0 Å². The maximum Gasteiger partial charge on any atom is 0.232 e. The fraction of sp³-hybridized carbons (Fsp3) is 0.389. The third kappa shape index (κ3) is 4.37. The normalized spacial score (nSPS) is 15.1. The number of thioether (sulfide) groups is 1. The van der Waals surface area contributed by atoms with Crippen LogP contribution in [0.5, 0.6) is 0 Å². The van der Waals surface area contributed by atoms with Gasteiger partial charge >= 0.3 is 0 Å². The number of ketones is 1. The van der Waals surface area contributed by atoms with Gasteiger partial charge < -0.3 is 15.0 Å². The highest BCUT2D eigenvalue weighted by Crippen LogP contribution is 2.28. The van der Waals surface area contributed by atoms with E-state index in [2.05, 4.69) is 10.2 Å². The number of aromatic nitrogens is 3. The summed E-state index contributed by atoms with van der Waals surface area (Å²) in [6.07, 6.45) is 0. The summed E-state index contributed by atoms with van der Waals surface area (Å²) in [6.45, 7) is 3.79. The van der Waals surface area contributed by atoms with Gasteiger partial charge in [-0.2, -0.15) is 5.26 Å². The maximum absolute atomic E-state index is 13.8. The molecular formula is C18H19FN6O2S. The molecule has 8 nitrogen and oxygen atoms in total. The highest BCUT2D eigenvalue weighted by atomic mass is 32.2. The lowest BCUT2D eigenvalue weighted by molar-refractivity contribution is -0.117. The number of carbonyl (C=O) groups is 1. The molecule has 0 saturated carbocycles. The molecule has 0 aliphatic carbocycles. The Hall–Kier alpha value is -2.77. The first kappa shape index (κ1) is 20.0. The smallest absolute Gasteiger partial charge is 0.232 e. The molecule has 28 heavy (non-hydrogen) atoms. The first-order chi connectivity index (χ1) is 13.5. The lowest BCUT2D eigenvalue weighted by Gasteiger charge is -2.27. The Morgan fingerprint density at radius 2 is 2.18 bits per heavy atom. The number of hydrogen-bond acceptors (Lipinski definition) is 8. The average molecular weight is 402 g/mol. The largest absolute Gasteiger partial charge is 0.378 e. The first-order valence-corrected chi connectivity index (χ1v) is 9.64. The van der Waals surface area contributed by atoms with Crippen molar-refractivity contribution in [2.24, 2.45) is 5.92 Å². The highest BCUT2D eigenvalue weighted by molar-refractivity contribution is 7.99. The third-order valence-electron chi connectivity index (χ3n) is 4.20. The van der Waals surface area contributed by atoms with Crippen LogP contribution in [0.4, 0.5) is 10.3 Å². The second-order valence-corrected chi connectivity index (χ2v) is 7.14. The van der Waals surface area contributed by atoms with Crippen LogP contribution in [-0.4, -0.2) is 58.3 Å². The molecule has 1 aromatic heterocycles. The van der Waals surface area contributed by atoms with Gasteiger partial charge in [-0.05, 0) is 25.1 Å². The summed E-state index contributed by atoms with van der Waals surface area (Å²) in [6, 6.07) is 7.90. The minimum absolute atomic E-state index is 0.00806. The van der Waals surface area contributed by atoms with E-state index >= 15 is 0 Å². The zero-order chi connectivity index (χ0) is 20.1. The van der Waals surface area contributed by atoms with Gasteiger partial charge in [-0.15, -0.1) is 10.2 Å². The number of anilines is 1. The Balaban J connectivity index is 1.90. The minimum atomic E-state index is -1.07. The van der Waals surface area contributed by atoms with Crippen LogP contribution in [0.1, 0.15) is 6.92 Å². The van der Waals surface area contributed by atoms with Crippen molar-refractivity contribution in [2.45, 2.75) is 12.1 Å². The molecule has 1 fully saturated rings. The molecule has 1 saturated heterocycles. The van der Waals surface area contributed by atoms with Crippen molar-refractivity contribution < 1.29 is 13.9 Å². The summed E-state index contributed by atoms with van der Waals surface area (Å²) < 4.78 is 20.9. The van der Waals surface area contributed by atoms with Crippen molar-refractivity contribution in [2.75, 3.05) is 37.0 Å². The molecule has 0 radical (unpaired) electrons. The second-order valence-electron chi connectivity index (χ2n) is 6.20. The van der Waals surface area contributed by atoms with Gasteiger partial charge in [0.1, 0.15) is 11.7 Å². The number of halogens is 1. The lowest BCUT2D eigenvalue weighted by Crippen LogP contribution is -2.37. The van der Waals surface area contributed by atoms with E-state index in [4.69, 9.17) is 15.4 Å². The average Bonchev–Trinajstić information content (AvgIpc) is 3.11. The Morgan fingerprint density at radius 1 is 1.43 bits per heavy atom. The Kier molecular flexibility index (Phi) is 6.38. The molecule has 0 spiro atoms. The highest BCUT2D eigenvalue weighted by Gasteiger charge is 2.25. The molecular weight excluding hydrogens is 383 g/mol. The molecule has 1 aliphatic rings. The quantitative estimate of drug-likeness (QED) is 0.558. The topological polar surface area (TPSA) is 108 Å². The van der Waals surface area contributed by atoms with Crippen LogP contribution in [0.2, 0.25) is 0 Å². The number of morpholine rings is 1. The van der Waals surface area contributed by atoms with Gasteiger partial charge in [0.25, 0.3) is 0 Å². The third-order valence-corrected chi connectivity index (χ3v) is 5.16. The molecule has 0 bridgehead atoms. The minimum Gasteiger partial charge on any atom is -0.378 e.